The van der Waals surface area contributed by atoms with E-state index in [1.807, 2.05) is 0 Å². The summed E-state index contributed by atoms with van der Waals surface area (Å²) in [7, 11) is 0. The second-order valence-corrected chi connectivity index (χ2v) is 5.45. The molecule has 0 aliphatic rings. The number of nitrogens with zero attached hydrogens (tertiary/aromatic N) is 2. The van der Waals surface area contributed by atoms with Gasteiger partial charge in [-0.05, 0) is 28.9 Å². The van der Waals surface area contributed by atoms with Crippen molar-refractivity contribution < 1.29 is 14.5 Å². The van der Waals surface area contributed by atoms with Gasteiger partial charge in [0.05, 0.1) is 31.8 Å². The standard InChI is InChI=1S/C13H11BrClN3O4/c1-2-22-10(19)6-17-13-12-8(15)3-4-9(18(20)21)11(12)7(14)5-16-13/h3-5H,2,6H2,1H3,(H,16,17). The molecule has 0 saturated carbocycles. The SMILES string of the molecule is CCOC(=O)CNc1ncc(Br)c2c([N+](=O)[O-])ccc(Cl)c12. The van der Waals surface area contributed by atoms with Crippen LogP contribution in [0, 0.1) is 10.1 Å². The predicted octanol–water partition coefficient (Wildman–Crippen LogP) is 3.53. The number of hydrogen-bond acceptors (Lipinski definition) is 6. The molecule has 9 heteroatoms. The smallest absolute Gasteiger partial charge is 0.325 e. The Kier molecular flexibility index (Phi) is 5.15. The quantitative estimate of drug-likeness (QED) is 0.478. The average Bonchev–Trinajstić information content (AvgIpc) is 2.47. The first-order valence-electron chi connectivity index (χ1n) is 6.26. The van der Waals surface area contributed by atoms with Crippen LogP contribution in [0.2, 0.25) is 5.02 Å². The number of ether oxygens (including phenoxy) is 1. The lowest BCUT2D eigenvalue weighted by Crippen LogP contribution is -2.17. The number of nitro groups is 1. The van der Waals surface area contributed by atoms with E-state index in [1.165, 1.54) is 18.3 Å². The number of pyridine rings is 1. The lowest BCUT2D eigenvalue weighted by Gasteiger charge is -2.11. The van der Waals surface area contributed by atoms with E-state index in [0.717, 1.165) is 0 Å². The van der Waals surface area contributed by atoms with Crippen LogP contribution >= 0.6 is 27.5 Å². The number of aromatic nitrogens is 1. The molecular formula is C13H11BrClN3O4. The Morgan fingerprint density at radius 1 is 1.50 bits per heavy atom. The Balaban J connectivity index is 2.52. The van der Waals surface area contributed by atoms with E-state index in [9.17, 15) is 14.9 Å². The molecule has 0 atom stereocenters. The summed E-state index contributed by atoms with van der Waals surface area (Å²) in [6, 6.07) is 2.75. The molecule has 1 aromatic heterocycles. The first-order chi connectivity index (χ1) is 10.5. The van der Waals surface area contributed by atoms with Crippen LogP contribution in [0.15, 0.2) is 22.8 Å². The molecule has 1 N–H and O–H groups in total. The molecule has 22 heavy (non-hydrogen) atoms. The van der Waals surface area contributed by atoms with Crippen molar-refractivity contribution in [2.24, 2.45) is 0 Å². The number of anilines is 1. The van der Waals surface area contributed by atoms with Gasteiger partial charge in [0.1, 0.15) is 12.4 Å². The molecule has 0 radical (unpaired) electrons. The fourth-order valence-corrected chi connectivity index (χ4v) is 2.69. The Morgan fingerprint density at radius 3 is 2.86 bits per heavy atom. The van der Waals surface area contributed by atoms with Crippen LogP contribution in [0.4, 0.5) is 11.5 Å². The minimum atomic E-state index is -0.501. The number of hydrogen-bond donors (Lipinski definition) is 1. The third kappa shape index (κ3) is 3.28. The van der Waals surface area contributed by atoms with E-state index in [0.29, 0.717) is 20.3 Å². The van der Waals surface area contributed by atoms with Gasteiger partial charge in [-0.15, -0.1) is 0 Å². The third-order valence-electron chi connectivity index (χ3n) is 2.82. The first-order valence-corrected chi connectivity index (χ1v) is 7.43. The Morgan fingerprint density at radius 2 is 2.23 bits per heavy atom. The monoisotopic (exact) mass is 387 g/mol. The Bertz CT molecular complexity index is 754. The van der Waals surface area contributed by atoms with Crippen LogP contribution in [0.1, 0.15) is 6.92 Å². The minimum Gasteiger partial charge on any atom is -0.465 e. The van der Waals surface area contributed by atoms with E-state index < -0.39 is 10.9 Å². The number of non-ortho nitro benzene ring substituents is 1. The van der Waals surface area contributed by atoms with Gasteiger partial charge in [0.15, 0.2) is 0 Å². The highest BCUT2D eigenvalue weighted by Crippen LogP contribution is 2.39. The average molecular weight is 389 g/mol. The van der Waals surface area contributed by atoms with Crippen LogP contribution in [0.3, 0.4) is 0 Å². The summed E-state index contributed by atoms with van der Waals surface area (Å²) < 4.78 is 5.25. The molecule has 0 saturated heterocycles. The van der Waals surface area contributed by atoms with Gasteiger partial charge in [0, 0.05) is 12.3 Å². The molecule has 116 valence electrons. The van der Waals surface area contributed by atoms with Gasteiger partial charge >= 0.3 is 5.97 Å². The second-order valence-electron chi connectivity index (χ2n) is 4.19. The van der Waals surface area contributed by atoms with Crippen molar-refractivity contribution in [2.75, 3.05) is 18.5 Å². The molecule has 2 rings (SSSR count). The summed E-state index contributed by atoms with van der Waals surface area (Å²) in [5, 5.41) is 14.9. The fourth-order valence-electron chi connectivity index (χ4n) is 1.94. The van der Waals surface area contributed by atoms with E-state index >= 15 is 0 Å². The number of rotatable bonds is 5. The summed E-state index contributed by atoms with van der Waals surface area (Å²) in [4.78, 5) is 26.2. The summed E-state index contributed by atoms with van der Waals surface area (Å²) in [6.45, 7) is 1.85. The van der Waals surface area contributed by atoms with Crippen molar-refractivity contribution in [3.63, 3.8) is 0 Å². The Labute approximate surface area is 138 Å². The van der Waals surface area contributed by atoms with Crippen molar-refractivity contribution in [3.05, 3.63) is 37.9 Å². The van der Waals surface area contributed by atoms with Gasteiger partial charge in [-0.2, -0.15) is 0 Å². The molecule has 0 fully saturated rings. The van der Waals surface area contributed by atoms with Crippen LogP contribution in [0.25, 0.3) is 10.8 Å². The highest BCUT2D eigenvalue weighted by Gasteiger charge is 2.20. The Hall–Kier alpha value is -1.93. The predicted molar refractivity (Wildman–Crippen MR) is 86.2 cm³/mol. The van der Waals surface area contributed by atoms with Crippen molar-refractivity contribution in [3.8, 4) is 0 Å². The van der Waals surface area contributed by atoms with E-state index in [4.69, 9.17) is 16.3 Å². The lowest BCUT2D eigenvalue weighted by atomic mass is 10.1. The van der Waals surface area contributed by atoms with E-state index in [2.05, 4.69) is 26.2 Å². The lowest BCUT2D eigenvalue weighted by molar-refractivity contribution is -0.383. The summed E-state index contributed by atoms with van der Waals surface area (Å²) in [5.74, 6) is -0.179. The number of benzene rings is 1. The largest absolute Gasteiger partial charge is 0.465 e. The zero-order chi connectivity index (χ0) is 16.3. The zero-order valence-corrected chi connectivity index (χ0v) is 13.8. The molecule has 1 heterocycles. The zero-order valence-electron chi connectivity index (χ0n) is 11.4. The number of halogens is 2. The van der Waals surface area contributed by atoms with Crippen LogP contribution in [-0.4, -0.2) is 29.0 Å². The number of esters is 1. The number of fused-ring (bicyclic) bond motifs is 1. The number of carbonyl (C=O) groups is 1. The van der Waals surface area contributed by atoms with Crippen LogP contribution < -0.4 is 5.32 Å². The van der Waals surface area contributed by atoms with Gasteiger partial charge in [-0.3, -0.25) is 14.9 Å². The second kappa shape index (κ2) is 6.89. The molecule has 0 aliphatic heterocycles. The van der Waals surface area contributed by atoms with E-state index in [-0.39, 0.29) is 24.7 Å². The van der Waals surface area contributed by atoms with Crippen molar-refractivity contribution in [2.45, 2.75) is 6.92 Å². The maximum Gasteiger partial charge on any atom is 0.325 e. The summed E-state index contributed by atoms with van der Waals surface area (Å²) >= 11 is 9.39. The van der Waals surface area contributed by atoms with Gasteiger partial charge in [0.2, 0.25) is 0 Å². The molecule has 0 bridgehead atoms. The highest BCUT2D eigenvalue weighted by atomic mass is 79.9. The molecule has 0 unspecified atom stereocenters. The molecule has 1 aromatic carbocycles. The maximum absolute atomic E-state index is 11.4. The summed E-state index contributed by atoms with van der Waals surface area (Å²) in [5.41, 5.74) is -0.104. The molecule has 7 nitrogen and oxygen atoms in total. The molecule has 0 amide bonds. The topological polar surface area (TPSA) is 94.4 Å². The third-order valence-corrected chi connectivity index (χ3v) is 3.73. The first kappa shape index (κ1) is 16.4. The van der Waals surface area contributed by atoms with Crippen molar-refractivity contribution in [1.29, 1.82) is 0 Å². The normalized spacial score (nSPS) is 10.5. The van der Waals surface area contributed by atoms with Crippen LogP contribution in [-0.2, 0) is 9.53 Å². The highest BCUT2D eigenvalue weighted by molar-refractivity contribution is 9.10. The molecule has 2 aromatic rings. The maximum atomic E-state index is 11.4. The molecule has 0 spiro atoms. The van der Waals surface area contributed by atoms with E-state index in [1.54, 1.807) is 6.92 Å². The van der Waals surface area contributed by atoms with Gasteiger partial charge < -0.3 is 10.1 Å². The fraction of sp³-hybridized carbons (Fsp3) is 0.231. The molecule has 0 aliphatic carbocycles. The van der Waals surface area contributed by atoms with Crippen LogP contribution in [0.5, 0.6) is 0 Å². The number of nitrogens with one attached hydrogen (secondary N) is 1. The van der Waals surface area contributed by atoms with Crippen molar-refractivity contribution >= 4 is 55.8 Å². The van der Waals surface area contributed by atoms with Gasteiger partial charge in [-0.1, -0.05) is 11.6 Å². The molecular weight excluding hydrogens is 378 g/mol. The van der Waals surface area contributed by atoms with Crippen molar-refractivity contribution in [1.82, 2.24) is 4.98 Å². The summed E-state index contributed by atoms with van der Waals surface area (Å²) in [6.07, 6.45) is 1.42. The van der Waals surface area contributed by atoms with Gasteiger partial charge in [0.25, 0.3) is 5.69 Å². The number of carbonyl (C=O) groups excluding carboxylic acids is 1. The van der Waals surface area contributed by atoms with Gasteiger partial charge in [-0.25, -0.2) is 4.98 Å². The minimum absolute atomic E-state index is 0.104. The number of nitro benzene ring substituents is 1.